The summed E-state index contributed by atoms with van der Waals surface area (Å²) in [5.74, 6) is 0.261. The molecule has 1 fully saturated rings. The molecule has 2 aliphatic rings. The first kappa shape index (κ1) is 18.1. The molecule has 0 N–H and O–H groups in total. The van der Waals surface area contributed by atoms with Crippen LogP contribution < -0.4 is 0 Å². The third-order valence-corrected chi connectivity index (χ3v) is 7.11. The molecule has 2 heterocycles. The Balaban J connectivity index is 1.56. The molecule has 3 rings (SSSR count). The smallest absolute Gasteiger partial charge is 0.226 e. The van der Waals surface area contributed by atoms with Crippen LogP contribution in [0.25, 0.3) is 5.57 Å². The van der Waals surface area contributed by atoms with Gasteiger partial charge in [0.25, 0.3) is 0 Å². The van der Waals surface area contributed by atoms with E-state index in [1.54, 1.807) is 6.92 Å². The topological polar surface area (TPSA) is 57.7 Å². The first-order chi connectivity index (χ1) is 12.0. The van der Waals surface area contributed by atoms with Gasteiger partial charge in [0.15, 0.2) is 0 Å². The molecule has 0 bridgehead atoms. The van der Waals surface area contributed by atoms with Gasteiger partial charge in [-0.1, -0.05) is 36.4 Å². The van der Waals surface area contributed by atoms with Gasteiger partial charge in [0.1, 0.15) is 0 Å². The van der Waals surface area contributed by atoms with E-state index in [2.05, 4.69) is 18.2 Å². The monoisotopic (exact) mass is 362 g/mol. The first-order valence-corrected chi connectivity index (χ1v) is 10.6. The average molecular weight is 362 g/mol. The second-order valence-electron chi connectivity index (χ2n) is 6.70. The Morgan fingerprint density at radius 2 is 1.80 bits per heavy atom. The van der Waals surface area contributed by atoms with Crippen LogP contribution in [0.4, 0.5) is 0 Å². The zero-order valence-electron chi connectivity index (χ0n) is 14.7. The maximum atomic E-state index is 12.8. The predicted octanol–water partition coefficient (Wildman–Crippen LogP) is 2.36. The lowest BCUT2D eigenvalue weighted by atomic mass is 9.94. The minimum Gasteiger partial charge on any atom is -0.338 e. The maximum Gasteiger partial charge on any atom is 0.226 e. The summed E-state index contributed by atoms with van der Waals surface area (Å²) >= 11 is 0. The lowest BCUT2D eigenvalue weighted by Crippen LogP contribution is -2.45. The van der Waals surface area contributed by atoms with E-state index in [0.717, 1.165) is 13.0 Å². The standard InChI is InChI=1S/C19H26N2O3S/c1-2-25(23,24)21-14-10-18(11-15-21)19(22)20-12-8-17(9-13-20)16-6-4-3-5-7-16/h3-8,18H,2,9-15H2,1H3. The molecule has 2 aliphatic heterocycles. The molecule has 1 saturated heterocycles. The normalized spacial score (nSPS) is 20.4. The Morgan fingerprint density at radius 1 is 1.12 bits per heavy atom. The van der Waals surface area contributed by atoms with E-state index >= 15 is 0 Å². The molecule has 0 aliphatic carbocycles. The largest absolute Gasteiger partial charge is 0.338 e. The van der Waals surface area contributed by atoms with E-state index in [1.807, 2.05) is 23.1 Å². The second kappa shape index (κ2) is 7.70. The van der Waals surface area contributed by atoms with Crippen LogP contribution in [0.15, 0.2) is 36.4 Å². The number of hydrogen-bond donors (Lipinski definition) is 0. The Labute approximate surface area is 150 Å². The van der Waals surface area contributed by atoms with Crippen molar-refractivity contribution in [2.24, 2.45) is 5.92 Å². The molecular formula is C19H26N2O3S. The van der Waals surface area contributed by atoms with Crippen LogP contribution in [0, 0.1) is 5.92 Å². The van der Waals surface area contributed by atoms with Gasteiger partial charge in [-0.15, -0.1) is 0 Å². The van der Waals surface area contributed by atoms with Crippen LogP contribution in [-0.2, 0) is 14.8 Å². The highest BCUT2D eigenvalue weighted by Gasteiger charge is 2.32. The maximum absolute atomic E-state index is 12.8. The highest BCUT2D eigenvalue weighted by Crippen LogP contribution is 2.26. The lowest BCUT2D eigenvalue weighted by molar-refractivity contribution is -0.136. The SMILES string of the molecule is CCS(=O)(=O)N1CCC(C(=O)N2CC=C(c3ccccc3)CC2)CC1. The van der Waals surface area contributed by atoms with Gasteiger partial charge >= 0.3 is 0 Å². The highest BCUT2D eigenvalue weighted by molar-refractivity contribution is 7.89. The molecule has 0 aromatic heterocycles. The Bertz CT molecular complexity index is 735. The van der Waals surface area contributed by atoms with Crippen LogP contribution >= 0.6 is 0 Å². The lowest BCUT2D eigenvalue weighted by Gasteiger charge is -2.34. The van der Waals surface area contributed by atoms with E-state index in [4.69, 9.17) is 0 Å². The zero-order chi connectivity index (χ0) is 17.9. The quantitative estimate of drug-likeness (QED) is 0.826. The van der Waals surface area contributed by atoms with Gasteiger partial charge in [-0.25, -0.2) is 12.7 Å². The summed E-state index contributed by atoms with van der Waals surface area (Å²) in [6, 6.07) is 10.3. The van der Waals surface area contributed by atoms with Crippen molar-refractivity contribution in [2.75, 3.05) is 31.9 Å². The average Bonchev–Trinajstić information content (AvgIpc) is 2.68. The minimum atomic E-state index is -3.13. The summed E-state index contributed by atoms with van der Waals surface area (Å²) in [5, 5.41) is 0. The first-order valence-electron chi connectivity index (χ1n) is 9.02. The number of piperidine rings is 1. The summed E-state index contributed by atoms with van der Waals surface area (Å²) in [7, 11) is -3.13. The van der Waals surface area contributed by atoms with Crippen molar-refractivity contribution in [3.63, 3.8) is 0 Å². The summed E-state index contributed by atoms with van der Waals surface area (Å²) in [6.07, 6.45) is 4.28. The number of carbonyl (C=O) groups excluding carboxylic acids is 1. The van der Waals surface area contributed by atoms with Crippen molar-refractivity contribution in [3.05, 3.63) is 42.0 Å². The fraction of sp³-hybridized carbons (Fsp3) is 0.526. The number of amides is 1. The second-order valence-corrected chi connectivity index (χ2v) is 8.96. The van der Waals surface area contributed by atoms with Gasteiger partial charge in [0, 0.05) is 32.1 Å². The van der Waals surface area contributed by atoms with Crippen LogP contribution in [0.3, 0.4) is 0 Å². The molecule has 0 spiro atoms. The zero-order valence-corrected chi connectivity index (χ0v) is 15.5. The number of carbonyl (C=O) groups is 1. The Morgan fingerprint density at radius 3 is 2.36 bits per heavy atom. The summed E-state index contributed by atoms with van der Waals surface area (Å²) in [5.41, 5.74) is 2.53. The molecule has 0 radical (unpaired) electrons. The molecule has 136 valence electrons. The van der Waals surface area contributed by atoms with E-state index in [0.29, 0.717) is 32.5 Å². The van der Waals surface area contributed by atoms with Gasteiger partial charge in [0.2, 0.25) is 15.9 Å². The van der Waals surface area contributed by atoms with E-state index in [1.165, 1.54) is 15.4 Å². The van der Waals surface area contributed by atoms with Crippen LogP contribution in [-0.4, -0.2) is 55.5 Å². The van der Waals surface area contributed by atoms with Crippen molar-refractivity contribution in [3.8, 4) is 0 Å². The molecule has 1 amide bonds. The van der Waals surface area contributed by atoms with Gasteiger partial charge in [-0.3, -0.25) is 4.79 Å². The molecule has 1 aromatic rings. The van der Waals surface area contributed by atoms with Gasteiger partial charge in [0.05, 0.1) is 5.75 Å². The molecular weight excluding hydrogens is 336 g/mol. The van der Waals surface area contributed by atoms with Gasteiger partial charge < -0.3 is 4.90 Å². The highest BCUT2D eigenvalue weighted by atomic mass is 32.2. The third kappa shape index (κ3) is 4.12. The molecule has 0 atom stereocenters. The van der Waals surface area contributed by atoms with Crippen molar-refractivity contribution < 1.29 is 13.2 Å². The van der Waals surface area contributed by atoms with Gasteiger partial charge in [-0.05, 0) is 37.3 Å². The predicted molar refractivity (Wildman–Crippen MR) is 99.4 cm³/mol. The fourth-order valence-electron chi connectivity index (χ4n) is 3.61. The minimum absolute atomic E-state index is 0.0463. The molecule has 1 aromatic carbocycles. The molecule has 6 heteroatoms. The van der Waals surface area contributed by atoms with Crippen molar-refractivity contribution in [2.45, 2.75) is 26.2 Å². The number of nitrogens with zero attached hydrogens (tertiary/aromatic N) is 2. The van der Waals surface area contributed by atoms with Crippen molar-refractivity contribution in [1.29, 1.82) is 0 Å². The van der Waals surface area contributed by atoms with Crippen molar-refractivity contribution in [1.82, 2.24) is 9.21 Å². The van der Waals surface area contributed by atoms with Crippen LogP contribution in [0.1, 0.15) is 31.7 Å². The number of sulfonamides is 1. The van der Waals surface area contributed by atoms with Crippen LogP contribution in [0.5, 0.6) is 0 Å². The summed E-state index contributed by atoms with van der Waals surface area (Å²) in [6.45, 7) is 3.98. The third-order valence-electron chi connectivity index (χ3n) is 5.23. The molecule has 25 heavy (non-hydrogen) atoms. The fourth-order valence-corrected chi connectivity index (χ4v) is 4.74. The molecule has 5 nitrogen and oxygen atoms in total. The molecule has 0 saturated carbocycles. The van der Waals surface area contributed by atoms with Crippen molar-refractivity contribution >= 4 is 21.5 Å². The summed E-state index contributed by atoms with van der Waals surface area (Å²) < 4.78 is 25.4. The number of hydrogen-bond acceptors (Lipinski definition) is 3. The number of rotatable bonds is 4. The van der Waals surface area contributed by atoms with Gasteiger partial charge in [-0.2, -0.15) is 0 Å². The Kier molecular flexibility index (Phi) is 5.59. The van der Waals surface area contributed by atoms with E-state index in [-0.39, 0.29) is 17.6 Å². The van der Waals surface area contributed by atoms with E-state index in [9.17, 15) is 13.2 Å². The molecule has 0 unspecified atom stereocenters. The van der Waals surface area contributed by atoms with Crippen LogP contribution in [0.2, 0.25) is 0 Å². The number of benzene rings is 1. The summed E-state index contributed by atoms with van der Waals surface area (Å²) in [4.78, 5) is 14.7. The van der Waals surface area contributed by atoms with E-state index < -0.39 is 10.0 Å². The Hall–Kier alpha value is -1.66.